The van der Waals surface area contributed by atoms with Gasteiger partial charge in [-0.25, -0.2) is 0 Å². The summed E-state index contributed by atoms with van der Waals surface area (Å²) in [5.74, 6) is 2.97. The van der Waals surface area contributed by atoms with E-state index >= 15 is 0 Å². The molecule has 0 aromatic heterocycles. The van der Waals surface area contributed by atoms with Gasteiger partial charge in [-0.15, -0.1) is 0 Å². The van der Waals surface area contributed by atoms with Crippen LogP contribution in [0.4, 0.5) is 0 Å². The SMILES string of the molecule is C.CC.CC.CC.CC.CC(C)C.CC(C)C.Cc1ccc(C(C)C)cc1.Cc1ccc(C(C)C)cc1.[B].[B]. The maximum atomic E-state index is 2.21. The Morgan fingerprint density at radius 3 is 0.590 bits per heavy atom. The second kappa shape index (κ2) is 49.5. The van der Waals surface area contributed by atoms with Gasteiger partial charge in [0.25, 0.3) is 0 Å². The predicted molar refractivity (Wildman–Crippen MR) is 195 cm³/mol. The van der Waals surface area contributed by atoms with E-state index < -0.39 is 0 Å². The summed E-state index contributed by atoms with van der Waals surface area (Å²) in [6.45, 7) is 42.1. The van der Waals surface area contributed by atoms with Gasteiger partial charge in [0, 0.05) is 16.8 Å². The van der Waals surface area contributed by atoms with Crippen molar-refractivity contribution in [3.05, 3.63) is 70.8 Å². The molecule has 0 heterocycles. The minimum Gasteiger partial charge on any atom is -0.0776 e. The summed E-state index contributed by atoms with van der Waals surface area (Å²) in [5, 5.41) is 0. The molecule has 0 amide bonds. The van der Waals surface area contributed by atoms with E-state index in [0.717, 1.165) is 11.8 Å². The summed E-state index contributed by atoms with van der Waals surface area (Å²) < 4.78 is 0. The average molecular weight is 543 g/mol. The molecule has 39 heavy (non-hydrogen) atoms. The lowest BCUT2D eigenvalue weighted by molar-refractivity contribution is 0.736. The Morgan fingerprint density at radius 2 is 0.487 bits per heavy atom. The van der Waals surface area contributed by atoms with Crippen molar-refractivity contribution in [2.45, 2.75) is 158 Å². The third-order valence-corrected chi connectivity index (χ3v) is 3.49. The van der Waals surface area contributed by atoms with Gasteiger partial charge in [0.2, 0.25) is 0 Å². The summed E-state index contributed by atoms with van der Waals surface area (Å²) in [7, 11) is 0. The van der Waals surface area contributed by atoms with Gasteiger partial charge < -0.3 is 0 Å². The zero-order valence-corrected chi connectivity index (χ0v) is 30.1. The minimum absolute atomic E-state index is 0. The molecule has 2 heteroatoms. The van der Waals surface area contributed by atoms with E-state index in [1.54, 1.807) is 0 Å². The van der Waals surface area contributed by atoms with Gasteiger partial charge in [0.05, 0.1) is 0 Å². The van der Waals surface area contributed by atoms with E-state index in [1.165, 1.54) is 22.3 Å². The van der Waals surface area contributed by atoms with Gasteiger partial charge in [-0.3, -0.25) is 0 Å². The highest BCUT2D eigenvalue weighted by Crippen LogP contribution is 2.14. The maximum absolute atomic E-state index is 2.21. The molecule has 0 saturated heterocycles. The molecular formula is C37H76B2. The van der Waals surface area contributed by atoms with E-state index in [0.29, 0.717) is 11.8 Å². The molecule has 0 nitrogen and oxygen atoms in total. The first-order valence-corrected chi connectivity index (χ1v) is 15.0. The molecule has 230 valence electrons. The van der Waals surface area contributed by atoms with Crippen molar-refractivity contribution in [2.24, 2.45) is 11.8 Å². The standard InChI is InChI=1S/2C10H14.2C4H10.4C2H6.CH4.2B/c2*1-8(2)10-6-4-9(3)5-7-10;2*1-4(2)3;4*1-2;;;/h2*4-8H,1-3H3;2*4H,1-3H3;4*1-2H3;1H4;;. The molecule has 0 saturated carbocycles. The van der Waals surface area contributed by atoms with Crippen LogP contribution >= 0.6 is 0 Å². The van der Waals surface area contributed by atoms with Crippen LogP contribution in [0.5, 0.6) is 0 Å². The van der Waals surface area contributed by atoms with Gasteiger partial charge >= 0.3 is 0 Å². The Balaban J connectivity index is -0.0000000415. The number of hydrogen-bond acceptors (Lipinski definition) is 0. The fraction of sp³-hybridized carbons (Fsp3) is 0.676. The van der Waals surface area contributed by atoms with Crippen LogP contribution in [-0.4, -0.2) is 16.8 Å². The Bertz CT molecular complexity index is 519. The second-order valence-electron chi connectivity index (χ2n) is 9.59. The topological polar surface area (TPSA) is 0 Å². The zero-order valence-electron chi connectivity index (χ0n) is 30.1. The molecule has 0 aliphatic carbocycles. The van der Waals surface area contributed by atoms with Crippen LogP contribution in [-0.2, 0) is 0 Å². The molecule has 2 aromatic rings. The minimum atomic E-state index is 0. The number of hydrogen-bond donors (Lipinski definition) is 0. The molecule has 0 bridgehead atoms. The normalized spacial score (nSPS) is 7.79. The molecule has 0 fully saturated rings. The number of benzene rings is 2. The fourth-order valence-electron chi connectivity index (χ4n) is 1.90. The van der Waals surface area contributed by atoms with Crippen LogP contribution in [0.2, 0.25) is 0 Å². The zero-order chi connectivity index (χ0) is 30.3. The van der Waals surface area contributed by atoms with Crippen LogP contribution < -0.4 is 0 Å². The van der Waals surface area contributed by atoms with Gasteiger partial charge in [0.1, 0.15) is 0 Å². The second-order valence-corrected chi connectivity index (χ2v) is 9.59. The van der Waals surface area contributed by atoms with Gasteiger partial charge in [-0.2, -0.15) is 0 Å². The van der Waals surface area contributed by atoms with Crippen LogP contribution in [0.1, 0.15) is 166 Å². The highest BCUT2D eigenvalue weighted by molar-refractivity contribution is 5.76. The van der Waals surface area contributed by atoms with Crippen LogP contribution in [0.25, 0.3) is 0 Å². The van der Waals surface area contributed by atoms with Crippen molar-refractivity contribution in [1.29, 1.82) is 0 Å². The predicted octanol–water partition coefficient (Wildman–Crippen LogP) is 13.5. The summed E-state index contributed by atoms with van der Waals surface area (Å²) in [6, 6.07) is 17.4. The Hall–Kier alpha value is -1.43. The molecule has 6 radical (unpaired) electrons. The summed E-state index contributed by atoms with van der Waals surface area (Å²) in [6.07, 6.45) is 0. The van der Waals surface area contributed by atoms with E-state index in [1.807, 2.05) is 55.4 Å². The highest BCUT2D eigenvalue weighted by Gasteiger charge is 1.96. The molecule has 0 N–H and O–H groups in total. The fourth-order valence-corrected chi connectivity index (χ4v) is 1.90. The average Bonchev–Trinajstić information content (AvgIpc) is 2.84. The quantitative estimate of drug-likeness (QED) is 0.331. The van der Waals surface area contributed by atoms with Gasteiger partial charge in [0.15, 0.2) is 0 Å². The van der Waals surface area contributed by atoms with E-state index in [2.05, 4.69) is 132 Å². The monoisotopic (exact) mass is 543 g/mol. The maximum Gasteiger partial charge on any atom is 0 e. The molecule has 0 atom stereocenters. The first-order chi connectivity index (χ1) is 16.9. The lowest BCUT2D eigenvalue weighted by atomic mass is 10.0. The third kappa shape index (κ3) is 61.9. The smallest absolute Gasteiger partial charge is 0 e. The molecule has 2 rings (SSSR count). The lowest BCUT2D eigenvalue weighted by Crippen LogP contribution is -1.85. The first-order valence-electron chi connectivity index (χ1n) is 15.0. The Morgan fingerprint density at radius 1 is 0.359 bits per heavy atom. The van der Waals surface area contributed by atoms with Crippen molar-refractivity contribution in [1.82, 2.24) is 0 Å². The Kier molecular flexibility index (Phi) is 78.1. The number of aryl methyl sites for hydroxylation is 2. The number of rotatable bonds is 2. The first kappa shape index (κ1) is 61.6. The molecule has 0 aliphatic heterocycles. The third-order valence-electron chi connectivity index (χ3n) is 3.49. The van der Waals surface area contributed by atoms with Gasteiger partial charge in [-0.1, -0.05) is 192 Å². The summed E-state index contributed by atoms with van der Waals surface area (Å²) in [5.41, 5.74) is 5.52. The van der Waals surface area contributed by atoms with Gasteiger partial charge in [-0.05, 0) is 48.6 Å². The van der Waals surface area contributed by atoms with Crippen molar-refractivity contribution < 1.29 is 0 Å². The van der Waals surface area contributed by atoms with E-state index in [4.69, 9.17) is 0 Å². The van der Waals surface area contributed by atoms with Crippen molar-refractivity contribution in [3.63, 3.8) is 0 Å². The highest BCUT2D eigenvalue weighted by atomic mass is 14.0. The van der Waals surface area contributed by atoms with Crippen LogP contribution in [0, 0.1) is 25.7 Å². The molecular weight excluding hydrogens is 466 g/mol. The van der Waals surface area contributed by atoms with E-state index in [9.17, 15) is 0 Å². The lowest BCUT2D eigenvalue weighted by Gasteiger charge is -2.03. The summed E-state index contributed by atoms with van der Waals surface area (Å²) >= 11 is 0. The molecule has 0 spiro atoms. The van der Waals surface area contributed by atoms with E-state index in [-0.39, 0.29) is 24.3 Å². The van der Waals surface area contributed by atoms with Crippen molar-refractivity contribution in [2.75, 3.05) is 0 Å². The molecule has 2 aromatic carbocycles. The molecule has 0 unspecified atom stereocenters. The summed E-state index contributed by atoms with van der Waals surface area (Å²) in [4.78, 5) is 0. The van der Waals surface area contributed by atoms with Crippen LogP contribution in [0.15, 0.2) is 48.5 Å². The van der Waals surface area contributed by atoms with Crippen molar-refractivity contribution >= 4 is 16.8 Å². The largest absolute Gasteiger partial charge is 0.0776 e. The van der Waals surface area contributed by atoms with Crippen LogP contribution in [0.3, 0.4) is 0 Å². The molecule has 0 aliphatic rings. The Labute approximate surface area is 256 Å². The van der Waals surface area contributed by atoms with Crippen molar-refractivity contribution in [3.8, 4) is 0 Å².